The minimum Gasteiger partial charge on any atom is -0.376 e. The van der Waals surface area contributed by atoms with Gasteiger partial charge in [0.25, 0.3) is 0 Å². The van der Waals surface area contributed by atoms with Crippen LogP contribution in [0.5, 0.6) is 0 Å². The van der Waals surface area contributed by atoms with Crippen molar-refractivity contribution in [2.24, 2.45) is 5.92 Å². The highest BCUT2D eigenvalue weighted by Crippen LogP contribution is 2.35. The molecule has 0 radical (unpaired) electrons. The van der Waals surface area contributed by atoms with Crippen LogP contribution in [0.3, 0.4) is 0 Å². The van der Waals surface area contributed by atoms with Crippen LogP contribution in [0.15, 0.2) is 17.5 Å². The van der Waals surface area contributed by atoms with E-state index in [1.807, 2.05) is 11.3 Å². The van der Waals surface area contributed by atoms with Crippen molar-refractivity contribution in [2.75, 3.05) is 13.2 Å². The lowest BCUT2D eigenvalue weighted by Crippen LogP contribution is -2.39. The molecule has 3 heteroatoms. The molecule has 0 aromatic carbocycles. The quantitative estimate of drug-likeness (QED) is 0.800. The smallest absolute Gasteiger partial charge is 0.0805 e. The Labute approximate surface area is 121 Å². The summed E-state index contributed by atoms with van der Waals surface area (Å²) in [6, 6.07) is 4.76. The molecule has 1 heterocycles. The van der Waals surface area contributed by atoms with Crippen molar-refractivity contribution in [3.05, 3.63) is 22.4 Å². The first kappa shape index (κ1) is 15.0. The van der Waals surface area contributed by atoms with Gasteiger partial charge >= 0.3 is 0 Å². The minimum absolute atomic E-state index is 0.337. The Morgan fingerprint density at radius 3 is 2.68 bits per heavy atom. The first-order valence-electron chi connectivity index (χ1n) is 7.75. The molecule has 2 atom stereocenters. The van der Waals surface area contributed by atoms with Crippen LogP contribution < -0.4 is 5.32 Å². The van der Waals surface area contributed by atoms with E-state index < -0.39 is 0 Å². The Hall–Kier alpha value is -0.380. The van der Waals surface area contributed by atoms with Crippen LogP contribution in [0, 0.1) is 5.92 Å². The maximum Gasteiger partial charge on any atom is 0.0805 e. The van der Waals surface area contributed by atoms with Crippen LogP contribution in [0.1, 0.15) is 56.9 Å². The third-order valence-corrected chi connectivity index (χ3v) is 5.03. The minimum atomic E-state index is 0.337. The van der Waals surface area contributed by atoms with Gasteiger partial charge in [0.15, 0.2) is 0 Å². The Morgan fingerprint density at radius 1 is 1.32 bits per heavy atom. The molecule has 1 fully saturated rings. The third-order valence-electron chi connectivity index (χ3n) is 4.08. The Kier molecular flexibility index (Phi) is 6.35. The lowest BCUT2D eigenvalue weighted by atomic mass is 9.82. The molecular formula is C16H27NOS. The van der Waals surface area contributed by atoms with Crippen LogP contribution in [-0.2, 0) is 4.74 Å². The van der Waals surface area contributed by atoms with E-state index in [0.717, 1.165) is 19.1 Å². The summed E-state index contributed by atoms with van der Waals surface area (Å²) in [5.41, 5.74) is 0. The Bertz CT molecular complexity index is 333. The van der Waals surface area contributed by atoms with Crippen molar-refractivity contribution in [3.8, 4) is 0 Å². The second-order valence-electron chi connectivity index (χ2n) is 5.37. The number of thiophene rings is 1. The van der Waals surface area contributed by atoms with Gasteiger partial charge in [-0.1, -0.05) is 32.3 Å². The van der Waals surface area contributed by atoms with Crippen molar-refractivity contribution < 1.29 is 4.74 Å². The first-order chi connectivity index (χ1) is 9.36. The molecule has 0 spiro atoms. The van der Waals surface area contributed by atoms with Gasteiger partial charge in [-0.2, -0.15) is 0 Å². The van der Waals surface area contributed by atoms with Crippen molar-refractivity contribution in [1.82, 2.24) is 5.32 Å². The highest BCUT2D eigenvalue weighted by atomic mass is 32.1. The predicted molar refractivity (Wildman–Crippen MR) is 82.7 cm³/mol. The molecule has 19 heavy (non-hydrogen) atoms. The molecule has 2 unspecified atom stereocenters. The second-order valence-corrected chi connectivity index (χ2v) is 6.35. The third kappa shape index (κ3) is 4.04. The fourth-order valence-corrected chi connectivity index (χ4v) is 4.06. The zero-order valence-corrected chi connectivity index (χ0v) is 13.0. The van der Waals surface area contributed by atoms with Crippen molar-refractivity contribution in [3.63, 3.8) is 0 Å². The standard InChI is InChI=1S/C16H27NOS/c1-3-17-15(14-11-8-12-19-14)16(18-4-2)13-9-6-5-7-10-13/h8,11-13,15-17H,3-7,9-10H2,1-2H3. The molecule has 0 saturated heterocycles. The van der Waals surface area contributed by atoms with Crippen LogP contribution >= 0.6 is 11.3 Å². The van der Waals surface area contributed by atoms with Gasteiger partial charge in [-0.3, -0.25) is 0 Å². The first-order valence-corrected chi connectivity index (χ1v) is 8.63. The topological polar surface area (TPSA) is 21.3 Å². The van der Waals surface area contributed by atoms with Gasteiger partial charge in [0.1, 0.15) is 0 Å². The number of ether oxygens (including phenoxy) is 1. The van der Waals surface area contributed by atoms with E-state index in [-0.39, 0.29) is 0 Å². The van der Waals surface area contributed by atoms with Crippen LogP contribution in [0.25, 0.3) is 0 Å². The molecule has 1 aliphatic carbocycles. The second kappa shape index (κ2) is 8.03. The van der Waals surface area contributed by atoms with Crippen LogP contribution in [0.4, 0.5) is 0 Å². The number of hydrogen-bond acceptors (Lipinski definition) is 3. The molecule has 0 bridgehead atoms. The van der Waals surface area contributed by atoms with Gasteiger partial charge in [0.05, 0.1) is 12.1 Å². The van der Waals surface area contributed by atoms with E-state index in [0.29, 0.717) is 12.1 Å². The normalized spacial score (nSPS) is 20.3. The van der Waals surface area contributed by atoms with E-state index in [4.69, 9.17) is 4.74 Å². The summed E-state index contributed by atoms with van der Waals surface area (Å²) in [6.07, 6.45) is 7.15. The van der Waals surface area contributed by atoms with Crippen molar-refractivity contribution in [2.45, 2.75) is 58.1 Å². The Morgan fingerprint density at radius 2 is 2.11 bits per heavy atom. The molecule has 108 valence electrons. The van der Waals surface area contributed by atoms with Crippen molar-refractivity contribution in [1.29, 1.82) is 0 Å². The van der Waals surface area contributed by atoms with E-state index >= 15 is 0 Å². The fourth-order valence-electron chi connectivity index (χ4n) is 3.23. The molecule has 2 rings (SSSR count). The molecule has 2 nitrogen and oxygen atoms in total. The molecule has 1 aromatic heterocycles. The van der Waals surface area contributed by atoms with E-state index in [1.54, 1.807) is 0 Å². The fraction of sp³-hybridized carbons (Fsp3) is 0.750. The van der Waals surface area contributed by atoms with Gasteiger partial charge in [0, 0.05) is 11.5 Å². The Balaban J connectivity index is 2.13. The molecule has 1 N–H and O–H groups in total. The summed E-state index contributed by atoms with van der Waals surface area (Å²) in [7, 11) is 0. The van der Waals surface area contributed by atoms with E-state index in [1.165, 1.54) is 37.0 Å². The average molecular weight is 281 g/mol. The van der Waals surface area contributed by atoms with Gasteiger partial charge in [-0.25, -0.2) is 0 Å². The molecule has 1 saturated carbocycles. The summed E-state index contributed by atoms with van der Waals surface area (Å²) in [4.78, 5) is 1.42. The number of rotatable bonds is 7. The summed E-state index contributed by atoms with van der Waals surface area (Å²) < 4.78 is 6.16. The SMILES string of the molecule is CCNC(c1cccs1)C(OCC)C1CCCCC1. The zero-order valence-electron chi connectivity index (χ0n) is 12.2. The average Bonchev–Trinajstić information content (AvgIpc) is 2.97. The lowest BCUT2D eigenvalue weighted by Gasteiger charge is -2.35. The number of hydrogen-bond donors (Lipinski definition) is 1. The molecule has 0 aliphatic heterocycles. The maximum atomic E-state index is 6.16. The summed E-state index contributed by atoms with van der Waals surface area (Å²) in [6.45, 7) is 6.12. The summed E-state index contributed by atoms with van der Waals surface area (Å²) in [5.74, 6) is 0.722. The zero-order chi connectivity index (χ0) is 13.5. The highest BCUT2D eigenvalue weighted by Gasteiger charge is 2.32. The summed E-state index contributed by atoms with van der Waals surface area (Å²) >= 11 is 1.85. The number of likely N-dealkylation sites (N-methyl/N-ethyl adjacent to an activating group) is 1. The number of nitrogens with one attached hydrogen (secondary N) is 1. The summed E-state index contributed by atoms with van der Waals surface area (Å²) in [5, 5.41) is 5.82. The maximum absolute atomic E-state index is 6.16. The molecule has 1 aliphatic rings. The molecule has 0 amide bonds. The van der Waals surface area contributed by atoms with E-state index in [2.05, 4.69) is 36.7 Å². The largest absolute Gasteiger partial charge is 0.376 e. The molecular weight excluding hydrogens is 254 g/mol. The van der Waals surface area contributed by atoms with Gasteiger partial charge in [-0.15, -0.1) is 11.3 Å². The van der Waals surface area contributed by atoms with Gasteiger partial charge in [0.2, 0.25) is 0 Å². The van der Waals surface area contributed by atoms with E-state index in [9.17, 15) is 0 Å². The lowest BCUT2D eigenvalue weighted by molar-refractivity contribution is -0.0172. The van der Waals surface area contributed by atoms with Crippen LogP contribution in [-0.4, -0.2) is 19.3 Å². The monoisotopic (exact) mass is 281 g/mol. The van der Waals surface area contributed by atoms with Gasteiger partial charge in [-0.05, 0) is 43.7 Å². The predicted octanol–water partition coefficient (Wildman–Crippen LogP) is 4.38. The molecule has 1 aromatic rings. The highest BCUT2D eigenvalue weighted by molar-refractivity contribution is 7.10. The van der Waals surface area contributed by atoms with Crippen molar-refractivity contribution >= 4 is 11.3 Å². The van der Waals surface area contributed by atoms with Crippen LogP contribution in [0.2, 0.25) is 0 Å². The van der Waals surface area contributed by atoms with Gasteiger partial charge < -0.3 is 10.1 Å².